The molecule has 0 amide bonds. The average Bonchev–Trinajstić information content (AvgIpc) is 2.11. The van der Waals surface area contributed by atoms with Crippen LogP contribution < -0.4 is 5.73 Å². The summed E-state index contributed by atoms with van der Waals surface area (Å²) < 4.78 is 13.0. The van der Waals surface area contributed by atoms with Crippen LogP contribution in [0.25, 0.3) is 0 Å². The lowest BCUT2D eigenvalue weighted by molar-refractivity contribution is 0.503. The molecular formula is C11H15ClFN. The maximum atomic E-state index is 13.0. The minimum Gasteiger partial charge on any atom is -0.330 e. The van der Waals surface area contributed by atoms with Crippen LogP contribution in [-0.4, -0.2) is 6.54 Å². The molecule has 1 aromatic rings. The summed E-state index contributed by atoms with van der Waals surface area (Å²) >= 11 is 5.99. The lowest BCUT2D eigenvalue weighted by Crippen LogP contribution is -2.18. The van der Waals surface area contributed by atoms with Gasteiger partial charge in [0.25, 0.3) is 0 Å². The normalized spacial score (nSPS) is 13.3. The van der Waals surface area contributed by atoms with Gasteiger partial charge in [-0.1, -0.05) is 25.4 Å². The lowest BCUT2D eigenvalue weighted by atomic mass is 9.88. The highest BCUT2D eigenvalue weighted by atomic mass is 35.5. The van der Waals surface area contributed by atoms with Crippen molar-refractivity contribution in [3.63, 3.8) is 0 Å². The molecule has 1 rings (SSSR count). The number of halogens is 2. The summed E-state index contributed by atoms with van der Waals surface area (Å²) in [6.07, 6.45) is 0. The predicted molar refractivity (Wildman–Crippen MR) is 58.0 cm³/mol. The largest absolute Gasteiger partial charge is 0.330 e. The number of rotatable bonds is 3. The van der Waals surface area contributed by atoms with E-state index in [1.807, 2.05) is 0 Å². The molecule has 0 fully saturated rings. The average molecular weight is 216 g/mol. The first-order chi connectivity index (χ1) is 6.56. The van der Waals surface area contributed by atoms with Gasteiger partial charge in [0.05, 0.1) is 0 Å². The molecule has 0 radical (unpaired) electrons. The van der Waals surface area contributed by atoms with Crippen molar-refractivity contribution in [2.75, 3.05) is 6.54 Å². The van der Waals surface area contributed by atoms with Crippen molar-refractivity contribution in [2.24, 2.45) is 11.7 Å². The molecule has 0 heterocycles. The Kier molecular flexibility index (Phi) is 3.90. The van der Waals surface area contributed by atoms with Crippen molar-refractivity contribution in [3.05, 3.63) is 34.6 Å². The first-order valence-corrected chi connectivity index (χ1v) is 5.09. The van der Waals surface area contributed by atoms with Crippen LogP contribution in [0.15, 0.2) is 18.2 Å². The van der Waals surface area contributed by atoms with E-state index in [4.69, 9.17) is 17.3 Å². The van der Waals surface area contributed by atoms with E-state index in [1.54, 1.807) is 6.07 Å². The zero-order valence-electron chi connectivity index (χ0n) is 8.43. The summed E-state index contributed by atoms with van der Waals surface area (Å²) in [6.45, 7) is 4.60. The zero-order valence-corrected chi connectivity index (χ0v) is 9.18. The molecule has 0 spiro atoms. The molecule has 0 saturated carbocycles. The van der Waals surface area contributed by atoms with Gasteiger partial charge in [0.15, 0.2) is 0 Å². The SMILES string of the molecule is CC(C)C(CN)c1cc(F)ccc1Cl. The molecule has 0 saturated heterocycles. The molecule has 1 aromatic carbocycles. The van der Waals surface area contributed by atoms with Crippen molar-refractivity contribution in [3.8, 4) is 0 Å². The van der Waals surface area contributed by atoms with Crippen LogP contribution in [0.3, 0.4) is 0 Å². The Morgan fingerprint density at radius 1 is 1.43 bits per heavy atom. The van der Waals surface area contributed by atoms with E-state index in [0.29, 0.717) is 17.5 Å². The van der Waals surface area contributed by atoms with Crippen LogP contribution in [0.2, 0.25) is 5.02 Å². The van der Waals surface area contributed by atoms with Crippen LogP contribution in [0.1, 0.15) is 25.3 Å². The summed E-state index contributed by atoms with van der Waals surface area (Å²) in [5, 5.41) is 0.593. The van der Waals surface area contributed by atoms with Crippen LogP contribution >= 0.6 is 11.6 Å². The first kappa shape index (κ1) is 11.5. The van der Waals surface area contributed by atoms with Gasteiger partial charge in [-0.05, 0) is 42.1 Å². The van der Waals surface area contributed by atoms with Crippen molar-refractivity contribution in [2.45, 2.75) is 19.8 Å². The Balaban J connectivity index is 3.08. The highest BCUT2D eigenvalue weighted by molar-refractivity contribution is 6.31. The third-order valence-electron chi connectivity index (χ3n) is 2.42. The standard InChI is InChI=1S/C11H15ClFN/c1-7(2)10(6-14)9-5-8(13)3-4-11(9)12/h3-5,7,10H,6,14H2,1-2H3. The molecule has 0 bridgehead atoms. The molecular weight excluding hydrogens is 201 g/mol. The molecule has 1 unspecified atom stereocenters. The number of hydrogen-bond donors (Lipinski definition) is 1. The number of hydrogen-bond acceptors (Lipinski definition) is 1. The maximum absolute atomic E-state index is 13.0. The second-order valence-electron chi connectivity index (χ2n) is 3.75. The van der Waals surface area contributed by atoms with Gasteiger partial charge in [-0.25, -0.2) is 4.39 Å². The Hall–Kier alpha value is -0.600. The first-order valence-electron chi connectivity index (χ1n) is 4.71. The van der Waals surface area contributed by atoms with Crippen molar-refractivity contribution in [1.82, 2.24) is 0 Å². The summed E-state index contributed by atoms with van der Waals surface area (Å²) in [5.74, 6) is 0.223. The van der Waals surface area contributed by atoms with Gasteiger partial charge in [0.1, 0.15) is 5.82 Å². The van der Waals surface area contributed by atoms with Crippen LogP contribution in [0.4, 0.5) is 4.39 Å². The van der Waals surface area contributed by atoms with Crippen molar-refractivity contribution in [1.29, 1.82) is 0 Å². The monoisotopic (exact) mass is 215 g/mol. The quantitative estimate of drug-likeness (QED) is 0.824. The van der Waals surface area contributed by atoms with Gasteiger partial charge in [0, 0.05) is 5.02 Å². The Morgan fingerprint density at radius 2 is 2.07 bits per heavy atom. The van der Waals surface area contributed by atoms with E-state index in [0.717, 1.165) is 5.56 Å². The molecule has 0 aliphatic heterocycles. The van der Waals surface area contributed by atoms with Crippen LogP contribution in [0.5, 0.6) is 0 Å². The van der Waals surface area contributed by atoms with Gasteiger partial charge in [-0.3, -0.25) is 0 Å². The van der Waals surface area contributed by atoms with E-state index < -0.39 is 0 Å². The third kappa shape index (κ3) is 2.46. The molecule has 1 nitrogen and oxygen atoms in total. The molecule has 1 atom stereocenters. The highest BCUT2D eigenvalue weighted by Crippen LogP contribution is 2.29. The van der Waals surface area contributed by atoms with Crippen LogP contribution in [0, 0.1) is 11.7 Å². The van der Waals surface area contributed by atoms with Gasteiger partial charge in [-0.2, -0.15) is 0 Å². The minimum absolute atomic E-state index is 0.123. The Morgan fingerprint density at radius 3 is 2.57 bits per heavy atom. The van der Waals surface area contributed by atoms with Crippen molar-refractivity contribution >= 4 is 11.6 Å². The number of nitrogens with two attached hydrogens (primary N) is 1. The minimum atomic E-state index is -0.261. The zero-order chi connectivity index (χ0) is 10.7. The predicted octanol–water partition coefficient (Wildman–Crippen LogP) is 3.18. The molecule has 78 valence electrons. The van der Waals surface area contributed by atoms with E-state index in [-0.39, 0.29) is 11.7 Å². The summed E-state index contributed by atoms with van der Waals surface area (Å²) in [5.41, 5.74) is 6.45. The maximum Gasteiger partial charge on any atom is 0.123 e. The molecule has 2 N–H and O–H groups in total. The summed E-state index contributed by atoms with van der Waals surface area (Å²) in [7, 11) is 0. The van der Waals surface area contributed by atoms with Crippen LogP contribution in [-0.2, 0) is 0 Å². The van der Waals surface area contributed by atoms with Crippen molar-refractivity contribution < 1.29 is 4.39 Å². The van der Waals surface area contributed by atoms with Gasteiger partial charge >= 0.3 is 0 Å². The second-order valence-corrected chi connectivity index (χ2v) is 4.16. The fraction of sp³-hybridized carbons (Fsp3) is 0.455. The highest BCUT2D eigenvalue weighted by Gasteiger charge is 2.17. The van der Waals surface area contributed by atoms with Gasteiger partial charge in [0.2, 0.25) is 0 Å². The van der Waals surface area contributed by atoms with Gasteiger partial charge < -0.3 is 5.73 Å². The molecule has 0 aliphatic carbocycles. The summed E-state index contributed by atoms with van der Waals surface area (Å²) in [4.78, 5) is 0. The third-order valence-corrected chi connectivity index (χ3v) is 2.76. The van der Waals surface area contributed by atoms with E-state index in [9.17, 15) is 4.39 Å². The topological polar surface area (TPSA) is 26.0 Å². The Bertz CT molecular complexity index is 312. The fourth-order valence-electron chi connectivity index (χ4n) is 1.56. The lowest BCUT2D eigenvalue weighted by Gasteiger charge is -2.20. The summed E-state index contributed by atoms with van der Waals surface area (Å²) in [6, 6.07) is 4.41. The van der Waals surface area contributed by atoms with E-state index in [2.05, 4.69) is 13.8 Å². The molecule has 14 heavy (non-hydrogen) atoms. The number of benzene rings is 1. The van der Waals surface area contributed by atoms with Gasteiger partial charge in [-0.15, -0.1) is 0 Å². The Labute approximate surface area is 89.1 Å². The molecule has 0 aliphatic rings. The second kappa shape index (κ2) is 4.76. The molecule has 0 aromatic heterocycles. The molecule has 3 heteroatoms. The fourth-order valence-corrected chi connectivity index (χ4v) is 1.81. The van der Waals surface area contributed by atoms with E-state index >= 15 is 0 Å². The van der Waals surface area contributed by atoms with E-state index in [1.165, 1.54) is 12.1 Å². The smallest absolute Gasteiger partial charge is 0.123 e.